The van der Waals surface area contributed by atoms with Crippen molar-refractivity contribution in [1.29, 1.82) is 0 Å². The molecule has 3 aliphatic heterocycles. The standard InChI is InChI=1S/C49H42IN3O5/c1-3-57-44-26-31(25-43(50)46(44)58-29-42-30(2)18-19-34-16-10-11-17-36(34)42)24-41-47(54)51-49(56)53(48(41)55)35-27-39-37(32-12-6-4-7-13-32)20-22-52-23-21-38(40(28-35)45(39)52)33-14-8-5-9-15-33/h4-19,24-28,37-38H,3,20-23,29H2,1-2H3,(H,51,54,56)/b41-24+/t37-,38-/m1/s1. The zero-order valence-electron chi connectivity index (χ0n) is 32.3. The predicted octanol–water partition coefficient (Wildman–Crippen LogP) is 10.3. The number of benzene rings is 6. The molecule has 3 heterocycles. The molecule has 4 amide bonds. The summed E-state index contributed by atoms with van der Waals surface area (Å²) in [5, 5.41) is 4.74. The van der Waals surface area contributed by atoms with E-state index in [1.807, 2.05) is 49.4 Å². The van der Waals surface area contributed by atoms with Gasteiger partial charge in [-0.15, -0.1) is 0 Å². The average molecular weight is 880 g/mol. The molecule has 1 fully saturated rings. The second kappa shape index (κ2) is 15.8. The number of ether oxygens (including phenoxy) is 2. The number of fused-ring (bicyclic) bond motifs is 1. The molecule has 1 saturated heterocycles. The van der Waals surface area contributed by atoms with Crippen LogP contribution in [0.5, 0.6) is 11.5 Å². The van der Waals surface area contributed by atoms with E-state index in [1.165, 1.54) is 22.9 Å². The SMILES string of the molecule is CCOc1cc(/C=C2\C(=O)NC(=O)N(c3cc4c5c(c3)[C@@H](c3ccccc3)CCN5CC[C@@H]4c3ccccc3)C2=O)cc(I)c1OCc1c(C)ccc2ccccc12. The Morgan fingerprint density at radius 3 is 2.07 bits per heavy atom. The van der Waals surface area contributed by atoms with E-state index in [2.05, 4.69) is 113 Å². The van der Waals surface area contributed by atoms with E-state index < -0.39 is 17.8 Å². The second-order valence-corrected chi connectivity index (χ2v) is 16.2. The molecule has 58 heavy (non-hydrogen) atoms. The van der Waals surface area contributed by atoms with Crippen molar-refractivity contribution in [3.8, 4) is 11.5 Å². The Balaban J connectivity index is 1.09. The molecule has 0 saturated carbocycles. The lowest BCUT2D eigenvalue weighted by atomic mass is 9.76. The van der Waals surface area contributed by atoms with Crippen LogP contribution in [0.3, 0.4) is 0 Å². The van der Waals surface area contributed by atoms with Gasteiger partial charge in [-0.25, -0.2) is 9.69 Å². The first-order valence-corrected chi connectivity index (χ1v) is 20.9. The number of halogens is 1. The number of barbiturate groups is 1. The third-order valence-corrected chi connectivity index (χ3v) is 12.4. The molecule has 6 aromatic carbocycles. The minimum Gasteiger partial charge on any atom is -0.490 e. The molecular formula is C49H42IN3O5. The molecule has 1 N–H and O–H groups in total. The summed E-state index contributed by atoms with van der Waals surface area (Å²) < 4.78 is 13.3. The number of imide groups is 2. The molecule has 0 aliphatic carbocycles. The molecule has 0 unspecified atom stereocenters. The highest BCUT2D eigenvalue weighted by molar-refractivity contribution is 14.1. The average Bonchev–Trinajstić information content (AvgIpc) is 3.23. The summed E-state index contributed by atoms with van der Waals surface area (Å²) in [5.41, 5.74) is 8.79. The number of hydrogen-bond acceptors (Lipinski definition) is 6. The quantitative estimate of drug-likeness (QED) is 0.0884. The Labute approximate surface area is 351 Å². The van der Waals surface area contributed by atoms with Crippen molar-refractivity contribution in [2.24, 2.45) is 0 Å². The number of urea groups is 1. The molecule has 3 aliphatic rings. The number of carbonyl (C=O) groups is 3. The van der Waals surface area contributed by atoms with Gasteiger partial charge < -0.3 is 14.4 Å². The van der Waals surface area contributed by atoms with E-state index in [0.29, 0.717) is 36.0 Å². The molecule has 0 aromatic heterocycles. The van der Waals surface area contributed by atoms with Crippen molar-refractivity contribution >= 4 is 68.7 Å². The number of carbonyl (C=O) groups excluding carboxylic acids is 3. The fourth-order valence-electron chi connectivity index (χ4n) is 8.88. The van der Waals surface area contributed by atoms with Gasteiger partial charge in [0.2, 0.25) is 0 Å². The van der Waals surface area contributed by atoms with E-state index in [1.54, 1.807) is 6.07 Å². The molecular weight excluding hydrogens is 837 g/mol. The first kappa shape index (κ1) is 37.6. The number of aryl methyl sites for hydroxylation is 1. The third kappa shape index (κ3) is 6.91. The van der Waals surface area contributed by atoms with Gasteiger partial charge in [0.25, 0.3) is 11.8 Å². The van der Waals surface area contributed by atoms with Crippen LogP contribution in [0.25, 0.3) is 16.8 Å². The van der Waals surface area contributed by atoms with Crippen LogP contribution in [0.2, 0.25) is 0 Å². The summed E-state index contributed by atoms with van der Waals surface area (Å²) in [4.78, 5) is 45.5. The summed E-state index contributed by atoms with van der Waals surface area (Å²) in [6, 6.07) is 40.1. The van der Waals surface area contributed by atoms with Crippen molar-refractivity contribution in [2.75, 3.05) is 29.5 Å². The first-order chi connectivity index (χ1) is 28.3. The molecule has 2 atom stereocenters. The van der Waals surface area contributed by atoms with Gasteiger partial charge >= 0.3 is 6.03 Å². The zero-order valence-corrected chi connectivity index (χ0v) is 34.5. The Hall–Kier alpha value is -5.94. The van der Waals surface area contributed by atoms with Crippen LogP contribution in [-0.4, -0.2) is 37.5 Å². The summed E-state index contributed by atoms with van der Waals surface area (Å²) in [6.45, 7) is 6.52. The summed E-state index contributed by atoms with van der Waals surface area (Å²) in [5.74, 6) is -0.217. The van der Waals surface area contributed by atoms with Gasteiger partial charge in [0, 0.05) is 36.2 Å². The number of nitrogens with one attached hydrogen (secondary N) is 1. The van der Waals surface area contributed by atoms with Crippen molar-refractivity contribution in [2.45, 2.75) is 45.1 Å². The maximum atomic E-state index is 14.6. The largest absolute Gasteiger partial charge is 0.490 e. The van der Waals surface area contributed by atoms with Crippen LogP contribution >= 0.6 is 22.6 Å². The van der Waals surface area contributed by atoms with Gasteiger partial charge in [0.15, 0.2) is 11.5 Å². The fourth-order valence-corrected chi connectivity index (χ4v) is 9.66. The van der Waals surface area contributed by atoms with Gasteiger partial charge in [-0.05, 0) is 124 Å². The van der Waals surface area contributed by atoms with E-state index >= 15 is 0 Å². The number of hydrogen-bond donors (Lipinski definition) is 1. The lowest BCUT2D eigenvalue weighted by Gasteiger charge is -2.44. The highest BCUT2D eigenvalue weighted by atomic mass is 127. The number of anilines is 2. The predicted molar refractivity (Wildman–Crippen MR) is 237 cm³/mol. The fraction of sp³-hybridized carbons (Fsp3) is 0.204. The van der Waals surface area contributed by atoms with Crippen LogP contribution < -0.4 is 24.6 Å². The topological polar surface area (TPSA) is 88.2 Å². The van der Waals surface area contributed by atoms with Gasteiger partial charge in [-0.2, -0.15) is 0 Å². The number of amides is 4. The van der Waals surface area contributed by atoms with Crippen LogP contribution in [0.15, 0.2) is 127 Å². The lowest BCUT2D eigenvalue weighted by Crippen LogP contribution is -2.54. The molecule has 6 aromatic rings. The minimum atomic E-state index is -0.771. The molecule has 290 valence electrons. The molecule has 0 bridgehead atoms. The molecule has 9 heteroatoms. The summed E-state index contributed by atoms with van der Waals surface area (Å²) in [7, 11) is 0. The Kier molecular flexibility index (Phi) is 10.2. The Morgan fingerprint density at radius 1 is 0.776 bits per heavy atom. The van der Waals surface area contributed by atoms with Crippen LogP contribution in [0, 0.1) is 10.5 Å². The summed E-state index contributed by atoms with van der Waals surface area (Å²) in [6.07, 6.45) is 3.34. The third-order valence-electron chi connectivity index (χ3n) is 11.6. The number of rotatable bonds is 9. The van der Waals surface area contributed by atoms with Gasteiger partial charge in [-0.3, -0.25) is 14.9 Å². The van der Waals surface area contributed by atoms with E-state index in [-0.39, 0.29) is 17.4 Å². The maximum Gasteiger partial charge on any atom is 0.335 e. The highest BCUT2D eigenvalue weighted by Gasteiger charge is 2.40. The Morgan fingerprint density at radius 2 is 1.41 bits per heavy atom. The van der Waals surface area contributed by atoms with Crippen molar-refractivity contribution in [3.63, 3.8) is 0 Å². The van der Waals surface area contributed by atoms with Crippen molar-refractivity contribution in [1.82, 2.24) is 5.32 Å². The van der Waals surface area contributed by atoms with Crippen molar-refractivity contribution < 1.29 is 23.9 Å². The molecule has 8 nitrogen and oxygen atoms in total. The van der Waals surface area contributed by atoms with Crippen molar-refractivity contribution in [3.05, 3.63) is 169 Å². The normalized spacial score (nSPS) is 18.3. The van der Waals surface area contributed by atoms with E-state index in [0.717, 1.165) is 67.4 Å². The number of nitrogens with zero attached hydrogens (tertiary/aromatic N) is 2. The molecule has 9 rings (SSSR count). The maximum absolute atomic E-state index is 14.6. The van der Waals surface area contributed by atoms with E-state index in [9.17, 15) is 14.4 Å². The smallest absolute Gasteiger partial charge is 0.335 e. The lowest BCUT2D eigenvalue weighted by molar-refractivity contribution is -0.122. The van der Waals surface area contributed by atoms with Crippen LogP contribution in [0.1, 0.15) is 70.5 Å². The van der Waals surface area contributed by atoms with Crippen LogP contribution in [0.4, 0.5) is 16.2 Å². The molecule has 0 spiro atoms. The van der Waals surface area contributed by atoms with Gasteiger partial charge in [-0.1, -0.05) is 97.1 Å². The van der Waals surface area contributed by atoms with Crippen LogP contribution in [-0.2, 0) is 16.2 Å². The van der Waals surface area contributed by atoms with E-state index in [4.69, 9.17) is 9.47 Å². The highest BCUT2D eigenvalue weighted by Crippen LogP contribution is 2.50. The Bertz CT molecular complexity index is 2550. The monoisotopic (exact) mass is 879 g/mol. The van der Waals surface area contributed by atoms with Gasteiger partial charge in [0.1, 0.15) is 12.2 Å². The van der Waals surface area contributed by atoms with Gasteiger partial charge in [0.05, 0.1) is 15.9 Å². The zero-order chi connectivity index (χ0) is 39.9. The second-order valence-electron chi connectivity index (χ2n) is 15.1. The first-order valence-electron chi connectivity index (χ1n) is 19.8. The minimum absolute atomic E-state index is 0.0737. The molecule has 0 radical (unpaired) electrons. The summed E-state index contributed by atoms with van der Waals surface area (Å²) >= 11 is 2.20.